The first-order valence-corrected chi connectivity index (χ1v) is 10.6. The van der Waals surface area contributed by atoms with Crippen LogP contribution in [0.1, 0.15) is 55.9 Å². The molecule has 0 aromatic carbocycles. The Kier molecular flexibility index (Phi) is 5.68. The lowest BCUT2D eigenvalue weighted by Gasteiger charge is -2.13. The van der Waals surface area contributed by atoms with Gasteiger partial charge in [0.1, 0.15) is 11.0 Å². The Balaban J connectivity index is 1.65. The lowest BCUT2D eigenvalue weighted by atomic mass is 10.2. The molecule has 0 aliphatic carbocycles. The molecule has 0 bridgehead atoms. The van der Waals surface area contributed by atoms with E-state index in [1.165, 1.54) is 0 Å². The summed E-state index contributed by atoms with van der Waals surface area (Å²) in [5.41, 5.74) is 1.16. The Morgan fingerprint density at radius 2 is 2.00 bits per heavy atom. The van der Waals surface area contributed by atoms with Gasteiger partial charge in [0.15, 0.2) is 5.82 Å². The smallest absolute Gasteiger partial charge is 0.255 e. The highest BCUT2D eigenvalue weighted by molar-refractivity contribution is 7.89. The summed E-state index contributed by atoms with van der Waals surface area (Å²) in [7, 11) is -3.67. The fraction of sp³-hybridized carbons (Fsp3) is 0.706. The number of ether oxygens (including phenoxy) is 1. The van der Waals surface area contributed by atoms with Crippen molar-refractivity contribution in [2.75, 3.05) is 6.54 Å². The largest absolute Gasteiger partial charge is 0.364 e. The summed E-state index contributed by atoms with van der Waals surface area (Å²) in [6.07, 6.45) is 0.929. The third-order valence-corrected chi connectivity index (χ3v) is 6.22. The molecule has 2 atom stereocenters. The number of hydrogen-bond acceptors (Lipinski definition) is 7. The number of sulfonamides is 1. The summed E-state index contributed by atoms with van der Waals surface area (Å²) in [6, 6.07) is 0. The Bertz CT molecular complexity index is 903. The van der Waals surface area contributed by atoms with E-state index in [0.717, 1.165) is 12.8 Å². The van der Waals surface area contributed by atoms with Crippen LogP contribution in [0.25, 0.3) is 0 Å². The van der Waals surface area contributed by atoms with Crippen molar-refractivity contribution in [2.24, 2.45) is 5.92 Å². The quantitative estimate of drug-likeness (QED) is 0.761. The summed E-state index contributed by atoms with van der Waals surface area (Å²) >= 11 is 0. The molecule has 0 saturated carbocycles. The van der Waals surface area contributed by atoms with Gasteiger partial charge in [0.25, 0.3) is 5.89 Å². The average molecular weight is 398 g/mol. The Morgan fingerprint density at radius 1 is 1.26 bits per heavy atom. The average Bonchev–Trinajstić information content (AvgIpc) is 3.25. The zero-order chi connectivity index (χ0) is 19.8. The van der Waals surface area contributed by atoms with Gasteiger partial charge in [-0.2, -0.15) is 10.1 Å². The number of aryl methyl sites for hydroxylation is 2. The first-order chi connectivity index (χ1) is 12.7. The van der Waals surface area contributed by atoms with Gasteiger partial charge in [-0.05, 0) is 39.5 Å². The molecule has 1 N–H and O–H groups in total. The molecule has 27 heavy (non-hydrogen) atoms. The highest BCUT2D eigenvalue weighted by atomic mass is 32.2. The monoisotopic (exact) mass is 397 g/mol. The van der Waals surface area contributed by atoms with Crippen LogP contribution in [-0.4, -0.2) is 41.0 Å². The Hall–Kier alpha value is -1.78. The molecule has 1 aliphatic rings. The molecule has 1 aliphatic heterocycles. The standard InChI is InChI=1S/C17H27N5O4S/c1-10(2)9-22-12(4)16(11(3)20-22)27(23,24)18-8-14-6-7-15(25-14)17-19-13(5)21-26-17/h10,14-15,18H,6-9H2,1-5H3/t14-,15+/m1/s1. The predicted molar refractivity (Wildman–Crippen MR) is 97.6 cm³/mol. The van der Waals surface area contributed by atoms with E-state index in [9.17, 15) is 8.42 Å². The van der Waals surface area contributed by atoms with E-state index in [1.807, 2.05) is 0 Å². The van der Waals surface area contributed by atoms with Gasteiger partial charge in [-0.25, -0.2) is 13.1 Å². The van der Waals surface area contributed by atoms with Gasteiger partial charge in [-0.1, -0.05) is 19.0 Å². The zero-order valence-electron chi connectivity index (χ0n) is 16.4. The molecule has 3 rings (SSSR count). The van der Waals surface area contributed by atoms with Crippen molar-refractivity contribution < 1.29 is 17.7 Å². The van der Waals surface area contributed by atoms with E-state index >= 15 is 0 Å². The van der Waals surface area contributed by atoms with Crippen molar-refractivity contribution in [3.8, 4) is 0 Å². The van der Waals surface area contributed by atoms with Crippen molar-refractivity contribution in [1.82, 2.24) is 24.6 Å². The zero-order valence-corrected chi connectivity index (χ0v) is 17.2. The topological polar surface area (TPSA) is 112 Å². The van der Waals surface area contributed by atoms with Gasteiger partial charge in [0, 0.05) is 13.1 Å². The van der Waals surface area contributed by atoms with Crippen molar-refractivity contribution in [3.63, 3.8) is 0 Å². The molecule has 0 unspecified atom stereocenters. The summed E-state index contributed by atoms with van der Waals surface area (Å²) < 4.78 is 41.1. The van der Waals surface area contributed by atoms with Crippen LogP contribution in [0, 0.1) is 26.7 Å². The van der Waals surface area contributed by atoms with E-state index in [2.05, 4.69) is 33.8 Å². The molecule has 9 nitrogen and oxygen atoms in total. The Labute approximate surface area is 159 Å². The van der Waals surface area contributed by atoms with E-state index in [4.69, 9.17) is 9.26 Å². The lowest BCUT2D eigenvalue weighted by Crippen LogP contribution is -2.32. The first-order valence-electron chi connectivity index (χ1n) is 9.16. The number of aromatic nitrogens is 4. The van der Waals surface area contributed by atoms with Crippen molar-refractivity contribution >= 4 is 10.0 Å². The minimum absolute atomic E-state index is 0.195. The van der Waals surface area contributed by atoms with Crippen LogP contribution >= 0.6 is 0 Å². The van der Waals surface area contributed by atoms with Gasteiger partial charge in [-0.15, -0.1) is 0 Å². The summed E-state index contributed by atoms with van der Waals surface area (Å²) in [5, 5.41) is 8.16. The van der Waals surface area contributed by atoms with E-state index < -0.39 is 10.0 Å². The van der Waals surface area contributed by atoms with Gasteiger partial charge in [0.2, 0.25) is 10.0 Å². The van der Waals surface area contributed by atoms with Crippen molar-refractivity contribution in [2.45, 2.75) is 71.1 Å². The highest BCUT2D eigenvalue weighted by Gasteiger charge is 2.32. The minimum atomic E-state index is -3.67. The number of nitrogens with zero attached hydrogens (tertiary/aromatic N) is 4. The lowest BCUT2D eigenvalue weighted by molar-refractivity contribution is 0.0290. The van der Waals surface area contributed by atoms with E-state index in [-0.39, 0.29) is 23.6 Å². The maximum atomic E-state index is 12.8. The van der Waals surface area contributed by atoms with Gasteiger partial charge < -0.3 is 9.26 Å². The third-order valence-electron chi connectivity index (χ3n) is 4.55. The number of nitrogens with one attached hydrogen (secondary N) is 1. The highest BCUT2D eigenvalue weighted by Crippen LogP contribution is 2.31. The van der Waals surface area contributed by atoms with Crippen LogP contribution in [0.3, 0.4) is 0 Å². The maximum absolute atomic E-state index is 12.8. The molecule has 0 spiro atoms. The van der Waals surface area contributed by atoms with Crippen molar-refractivity contribution in [3.05, 3.63) is 23.1 Å². The third kappa shape index (κ3) is 4.39. The second kappa shape index (κ2) is 7.69. The summed E-state index contributed by atoms with van der Waals surface area (Å²) in [6.45, 7) is 10.3. The van der Waals surface area contributed by atoms with Crippen molar-refractivity contribution in [1.29, 1.82) is 0 Å². The fourth-order valence-electron chi connectivity index (χ4n) is 3.35. The minimum Gasteiger partial charge on any atom is -0.364 e. The molecular formula is C17H27N5O4S. The van der Waals surface area contributed by atoms with Crippen LogP contribution in [0.4, 0.5) is 0 Å². The first kappa shape index (κ1) is 20.0. The maximum Gasteiger partial charge on any atom is 0.255 e. The van der Waals surface area contributed by atoms with Crippen LogP contribution in [-0.2, 0) is 21.3 Å². The molecule has 2 aromatic heterocycles. The van der Waals surface area contributed by atoms with Gasteiger partial charge in [0.05, 0.1) is 17.5 Å². The molecular weight excluding hydrogens is 370 g/mol. The number of hydrogen-bond donors (Lipinski definition) is 1. The molecule has 1 fully saturated rings. The van der Waals surface area contributed by atoms with Gasteiger partial charge in [-0.3, -0.25) is 4.68 Å². The molecule has 2 aromatic rings. The molecule has 0 amide bonds. The molecule has 10 heteroatoms. The van der Waals surface area contributed by atoms with Crippen LogP contribution < -0.4 is 4.72 Å². The van der Waals surface area contributed by atoms with E-state index in [0.29, 0.717) is 35.6 Å². The second-order valence-corrected chi connectivity index (χ2v) is 9.14. The molecule has 0 radical (unpaired) electrons. The molecule has 1 saturated heterocycles. The van der Waals surface area contributed by atoms with Crippen LogP contribution in [0.5, 0.6) is 0 Å². The SMILES string of the molecule is Cc1noc([C@@H]2CC[C@H](CNS(=O)(=O)c3c(C)nn(CC(C)C)c3C)O2)n1. The normalized spacial score (nSPS) is 20.7. The molecule has 150 valence electrons. The predicted octanol–water partition coefficient (Wildman–Crippen LogP) is 2.05. The second-order valence-electron chi connectivity index (χ2n) is 7.43. The van der Waals surface area contributed by atoms with Crippen LogP contribution in [0.15, 0.2) is 9.42 Å². The summed E-state index contributed by atoms with van der Waals surface area (Å²) in [5.74, 6) is 1.38. The Morgan fingerprint density at radius 3 is 2.63 bits per heavy atom. The number of rotatable bonds is 7. The fourth-order valence-corrected chi connectivity index (χ4v) is 4.82. The summed E-state index contributed by atoms with van der Waals surface area (Å²) in [4.78, 5) is 4.44. The molecule has 3 heterocycles. The van der Waals surface area contributed by atoms with Gasteiger partial charge >= 0.3 is 0 Å². The van der Waals surface area contributed by atoms with Crippen LogP contribution in [0.2, 0.25) is 0 Å². The van der Waals surface area contributed by atoms with E-state index in [1.54, 1.807) is 25.5 Å².